The van der Waals surface area contributed by atoms with Gasteiger partial charge < -0.3 is 33.2 Å². The number of rotatable bonds is 20. The normalized spacial score (nSPS) is 15.3. The summed E-state index contributed by atoms with van der Waals surface area (Å²) in [5.74, 6) is -6.16. The van der Waals surface area contributed by atoms with Crippen LogP contribution in [0.25, 0.3) is 6.08 Å². The van der Waals surface area contributed by atoms with Crippen molar-refractivity contribution in [2.45, 2.75) is 67.1 Å². The molecule has 0 spiro atoms. The third-order valence-corrected chi connectivity index (χ3v) is 11.0. The Labute approximate surface area is 390 Å². The van der Waals surface area contributed by atoms with Gasteiger partial charge in [-0.2, -0.15) is 39.5 Å². The van der Waals surface area contributed by atoms with E-state index in [0.717, 1.165) is 56.7 Å². The second kappa shape index (κ2) is 22.2. The number of allylic oxidation sites excluding steroid dienone is 1. The lowest BCUT2D eigenvalue weighted by Gasteiger charge is -2.33. The maximum absolute atomic E-state index is 14.8. The minimum atomic E-state index is -5.29. The summed E-state index contributed by atoms with van der Waals surface area (Å²) in [6.07, 6.45) is -14.0. The Kier molecular flexibility index (Phi) is 17.1. The molecule has 0 N–H and O–H groups in total. The van der Waals surface area contributed by atoms with Crippen LogP contribution in [0.15, 0.2) is 140 Å². The summed E-state index contributed by atoms with van der Waals surface area (Å²) in [6.45, 7) is 0. The van der Waals surface area contributed by atoms with Gasteiger partial charge >= 0.3 is 36.4 Å². The van der Waals surface area contributed by atoms with Crippen molar-refractivity contribution in [3.63, 3.8) is 0 Å². The minimum absolute atomic E-state index is 0.0126. The molecule has 368 valence electrons. The third-order valence-electron chi connectivity index (χ3n) is 11.0. The number of methoxy groups -OCH3 is 4. The zero-order valence-corrected chi connectivity index (χ0v) is 37.2. The predicted molar refractivity (Wildman–Crippen MR) is 231 cm³/mol. The van der Waals surface area contributed by atoms with E-state index in [1.165, 1.54) is 91.0 Å². The van der Waals surface area contributed by atoms with Crippen LogP contribution in [-0.2, 0) is 56.6 Å². The van der Waals surface area contributed by atoms with Gasteiger partial charge in [0.1, 0.15) is 11.9 Å². The molecule has 0 saturated heterocycles. The Hall–Kier alpha value is -6.70. The second-order valence-corrected chi connectivity index (χ2v) is 15.1. The van der Waals surface area contributed by atoms with Crippen molar-refractivity contribution in [1.82, 2.24) is 0 Å². The molecule has 0 amide bonds. The van der Waals surface area contributed by atoms with Crippen LogP contribution < -0.4 is 14.2 Å². The summed E-state index contributed by atoms with van der Waals surface area (Å²) in [4.78, 5) is 40.1. The predicted octanol–water partition coefficient (Wildman–Crippen LogP) is 11.2. The van der Waals surface area contributed by atoms with Crippen LogP contribution in [0.1, 0.15) is 47.1 Å². The maximum Gasteiger partial charge on any atom is 0.432 e. The molecule has 10 nitrogen and oxygen atoms in total. The van der Waals surface area contributed by atoms with E-state index in [1.54, 1.807) is 12.2 Å². The van der Waals surface area contributed by atoms with Gasteiger partial charge in [0.05, 0.1) is 7.11 Å². The van der Waals surface area contributed by atoms with E-state index in [-0.39, 0.29) is 37.2 Å². The molecular weight excluding hydrogens is 932 g/mol. The van der Waals surface area contributed by atoms with Crippen LogP contribution in [-0.4, -0.2) is 71.0 Å². The molecule has 0 aliphatic carbocycles. The van der Waals surface area contributed by atoms with Crippen LogP contribution in [0.3, 0.4) is 0 Å². The second-order valence-electron chi connectivity index (χ2n) is 15.1. The number of benzene rings is 5. The first-order valence-electron chi connectivity index (χ1n) is 20.8. The maximum atomic E-state index is 14.8. The van der Waals surface area contributed by atoms with Crippen molar-refractivity contribution < 1.29 is 87.1 Å². The average Bonchev–Trinajstić information content (AvgIpc) is 3.31. The molecule has 5 aromatic rings. The summed E-state index contributed by atoms with van der Waals surface area (Å²) in [5, 5.41) is 0. The van der Waals surface area contributed by atoms with E-state index in [0.29, 0.717) is 25.3 Å². The quantitative estimate of drug-likeness (QED) is 0.0424. The van der Waals surface area contributed by atoms with Gasteiger partial charge in [-0.3, -0.25) is 0 Å². The molecule has 0 heterocycles. The fourth-order valence-electron chi connectivity index (χ4n) is 7.44. The van der Waals surface area contributed by atoms with Crippen LogP contribution in [0.5, 0.6) is 17.2 Å². The number of carbonyl (C=O) groups excluding carboxylic acids is 3. The number of ether oxygens (including phenoxy) is 7. The number of halogens is 9. The molecule has 0 aliphatic rings. The largest absolute Gasteiger partial charge is 0.493 e. The van der Waals surface area contributed by atoms with Crippen molar-refractivity contribution in [2.75, 3.05) is 28.4 Å². The Morgan fingerprint density at radius 1 is 0.507 bits per heavy atom. The van der Waals surface area contributed by atoms with Gasteiger partial charge in [-0.15, -0.1) is 0 Å². The van der Waals surface area contributed by atoms with Crippen molar-refractivity contribution >= 4 is 24.0 Å². The summed E-state index contributed by atoms with van der Waals surface area (Å²) in [6, 6.07) is 27.7. The van der Waals surface area contributed by atoms with Crippen LogP contribution >= 0.6 is 0 Å². The molecule has 0 radical (unpaired) electrons. The highest BCUT2D eigenvalue weighted by Crippen LogP contribution is 2.46. The third kappa shape index (κ3) is 11.3. The van der Waals surface area contributed by atoms with Crippen LogP contribution in [0, 0.1) is 0 Å². The van der Waals surface area contributed by atoms with Crippen molar-refractivity contribution in [2.24, 2.45) is 0 Å². The zero-order valence-electron chi connectivity index (χ0n) is 37.2. The number of aryl methyl sites for hydroxylation is 1. The molecule has 19 heteroatoms. The molecule has 4 atom stereocenters. The van der Waals surface area contributed by atoms with Gasteiger partial charge in [-0.05, 0) is 61.1 Å². The Morgan fingerprint density at radius 3 is 1.36 bits per heavy atom. The molecule has 0 unspecified atom stereocenters. The monoisotopic (exact) mass is 976 g/mol. The summed E-state index contributed by atoms with van der Waals surface area (Å²) >= 11 is 0. The first-order chi connectivity index (χ1) is 32.6. The number of esters is 3. The van der Waals surface area contributed by atoms with Gasteiger partial charge in [0.2, 0.25) is 0 Å². The number of alkyl halides is 9. The van der Waals surface area contributed by atoms with Gasteiger partial charge in [-0.1, -0.05) is 121 Å². The first kappa shape index (κ1) is 53.3. The highest BCUT2D eigenvalue weighted by Gasteiger charge is 2.66. The van der Waals surface area contributed by atoms with Crippen LogP contribution in [0.4, 0.5) is 39.5 Å². The fraction of sp³-hybridized carbons (Fsp3) is 0.300. The molecule has 0 saturated carbocycles. The lowest BCUT2D eigenvalue weighted by atomic mass is 9.92. The first-order valence-corrected chi connectivity index (χ1v) is 20.8. The number of hydrogen-bond acceptors (Lipinski definition) is 10. The number of carbonyl (C=O) groups is 3. The lowest BCUT2D eigenvalue weighted by molar-refractivity contribution is -0.278. The molecule has 0 fully saturated rings. The molecule has 0 aromatic heterocycles. The van der Waals surface area contributed by atoms with Crippen LogP contribution in [0.2, 0.25) is 0 Å². The fourth-order valence-corrected chi connectivity index (χ4v) is 7.44. The Morgan fingerprint density at radius 2 is 0.942 bits per heavy atom. The molecule has 5 aromatic carbocycles. The van der Waals surface area contributed by atoms with Crippen molar-refractivity contribution in [1.29, 1.82) is 0 Å². The highest BCUT2D eigenvalue weighted by molar-refractivity contribution is 5.86. The molecule has 5 rings (SSSR count). The van der Waals surface area contributed by atoms with Crippen molar-refractivity contribution in [3.8, 4) is 17.2 Å². The molecule has 0 bridgehead atoms. The lowest BCUT2D eigenvalue weighted by Crippen LogP contribution is -2.52. The standard InChI is InChI=1S/C50H45F9O10/c1-63-41-32-34(27-31-40(41)69-44(62)47(66-4,50(57,58)59)37-21-12-7-13-22-37)26-30-38(67-42(60)45(64-2,48(51,52)53)35-17-8-5-9-18-35)23-15-14-16-33-24-28-39(29-25-33)68-43(61)46(65-3,49(54,55)56)36-19-10-6-11-20-36/h5-14,16-22,24-25,27-29,31-32,38H,15,23,26,30H2,1-4H3/b16-14+/t38-,45+,46+,47+/m0/s1. The van der Waals surface area contributed by atoms with E-state index in [9.17, 15) is 53.9 Å². The van der Waals surface area contributed by atoms with Gasteiger partial charge in [0, 0.05) is 38.0 Å². The smallest absolute Gasteiger partial charge is 0.432 e. The zero-order chi connectivity index (χ0) is 50.7. The number of hydrogen-bond donors (Lipinski definition) is 0. The average molecular weight is 977 g/mol. The van der Waals surface area contributed by atoms with Gasteiger partial charge in [-0.25, -0.2) is 14.4 Å². The Balaban J connectivity index is 1.36. The van der Waals surface area contributed by atoms with E-state index in [1.807, 2.05) is 0 Å². The van der Waals surface area contributed by atoms with Gasteiger partial charge in [0.25, 0.3) is 16.8 Å². The van der Waals surface area contributed by atoms with E-state index >= 15 is 0 Å². The molecule has 0 aliphatic heterocycles. The summed E-state index contributed by atoms with van der Waals surface area (Å²) < 4.78 is 167. The van der Waals surface area contributed by atoms with E-state index in [4.69, 9.17) is 33.2 Å². The Bertz CT molecular complexity index is 2520. The summed E-state index contributed by atoms with van der Waals surface area (Å²) in [7, 11) is 3.31. The highest BCUT2D eigenvalue weighted by atomic mass is 19.4. The summed E-state index contributed by atoms with van der Waals surface area (Å²) in [5.41, 5.74) is -11.2. The molecule has 69 heavy (non-hydrogen) atoms. The SMILES string of the molecule is COc1cc(CC[C@H](CC/C=C/c2ccc(OC(=O)[C@](OC)(c3ccccc3)C(F)(F)F)cc2)OC(=O)[C@](OC)(c2ccccc2)C(F)(F)F)ccc1OC(=O)[C@](OC)(c1ccccc1)C(F)(F)F. The van der Waals surface area contributed by atoms with Crippen molar-refractivity contribution in [3.05, 3.63) is 167 Å². The van der Waals surface area contributed by atoms with E-state index < -0.39 is 81.8 Å². The molecular formula is C50H45F9O10. The minimum Gasteiger partial charge on any atom is -0.493 e. The topological polar surface area (TPSA) is 116 Å². The van der Waals surface area contributed by atoms with Gasteiger partial charge in [0.15, 0.2) is 11.5 Å². The van der Waals surface area contributed by atoms with E-state index in [2.05, 4.69) is 0 Å².